The molecule has 6 nitrogen and oxygen atoms in total. The first-order chi connectivity index (χ1) is 10.1. The number of hydrogen-bond donors (Lipinski definition) is 1. The predicted octanol–water partition coefficient (Wildman–Crippen LogP) is 3.42. The van der Waals surface area contributed by atoms with Crippen LogP contribution in [0.4, 0.5) is 11.4 Å². The number of halogens is 1. The Morgan fingerprint density at radius 2 is 2.05 bits per heavy atom. The average Bonchev–Trinajstić information content (AvgIpc) is 2.49. The lowest BCUT2D eigenvalue weighted by molar-refractivity contribution is -0.384. The molecular formula is C14H14BrN3O3. The Labute approximate surface area is 130 Å². The van der Waals surface area contributed by atoms with Gasteiger partial charge in [-0.3, -0.25) is 15.1 Å². The van der Waals surface area contributed by atoms with E-state index in [0.717, 1.165) is 17.7 Å². The monoisotopic (exact) mass is 351 g/mol. The molecule has 0 bridgehead atoms. The van der Waals surface area contributed by atoms with Crippen LogP contribution in [-0.2, 0) is 6.42 Å². The molecule has 1 aromatic heterocycles. The summed E-state index contributed by atoms with van der Waals surface area (Å²) in [5, 5.41) is 14.0. The van der Waals surface area contributed by atoms with Gasteiger partial charge in [-0.05, 0) is 40.0 Å². The highest BCUT2D eigenvalue weighted by molar-refractivity contribution is 9.10. The van der Waals surface area contributed by atoms with E-state index in [1.54, 1.807) is 7.11 Å². The van der Waals surface area contributed by atoms with E-state index in [-0.39, 0.29) is 5.69 Å². The van der Waals surface area contributed by atoms with Gasteiger partial charge in [0.05, 0.1) is 16.5 Å². The van der Waals surface area contributed by atoms with E-state index >= 15 is 0 Å². The Hall–Kier alpha value is -2.15. The molecule has 1 aromatic carbocycles. The fourth-order valence-electron chi connectivity index (χ4n) is 1.86. The lowest BCUT2D eigenvalue weighted by Gasteiger charge is -2.09. The van der Waals surface area contributed by atoms with E-state index < -0.39 is 4.92 Å². The summed E-state index contributed by atoms with van der Waals surface area (Å²) < 4.78 is 5.67. The van der Waals surface area contributed by atoms with E-state index in [4.69, 9.17) is 4.74 Å². The van der Waals surface area contributed by atoms with Crippen LogP contribution in [0.2, 0.25) is 0 Å². The van der Waals surface area contributed by atoms with Crippen molar-refractivity contribution < 1.29 is 9.66 Å². The summed E-state index contributed by atoms with van der Waals surface area (Å²) in [6.45, 7) is 0.579. The highest BCUT2D eigenvalue weighted by atomic mass is 79.9. The first-order valence-corrected chi connectivity index (χ1v) is 7.06. The number of nitrogens with one attached hydrogen (secondary N) is 1. The number of anilines is 1. The van der Waals surface area contributed by atoms with Crippen LogP contribution in [0.15, 0.2) is 41.1 Å². The summed E-state index contributed by atoms with van der Waals surface area (Å²) in [6.07, 6.45) is 3.51. The van der Waals surface area contributed by atoms with Gasteiger partial charge in [-0.25, -0.2) is 0 Å². The summed E-state index contributed by atoms with van der Waals surface area (Å²) >= 11 is 3.27. The van der Waals surface area contributed by atoms with Crippen molar-refractivity contribution in [2.45, 2.75) is 6.42 Å². The first-order valence-electron chi connectivity index (χ1n) is 6.26. The Bertz CT molecular complexity index is 632. The molecule has 0 atom stereocenters. The van der Waals surface area contributed by atoms with Crippen molar-refractivity contribution >= 4 is 27.3 Å². The van der Waals surface area contributed by atoms with Crippen LogP contribution >= 0.6 is 15.9 Å². The molecule has 2 aromatic rings. The van der Waals surface area contributed by atoms with Gasteiger partial charge < -0.3 is 10.1 Å². The molecular weight excluding hydrogens is 338 g/mol. The zero-order chi connectivity index (χ0) is 15.2. The molecule has 0 saturated carbocycles. The second-order valence-electron chi connectivity index (χ2n) is 4.30. The minimum Gasteiger partial charge on any atom is -0.497 e. The largest absolute Gasteiger partial charge is 0.497 e. The van der Waals surface area contributed by atoms with Gasteiger partial charge in [0, 0.05) is 12.7 Å². The number of hydrogen-bond acceptors (Lipinski definition) is 5. The standard InChI is InChI=1S/C14H14BrN3O3/c1-21-11-4-2-10(3-5-11)6-7-17-14-12(15)8-16-9-13(14)18(19)20/h2-5,8-9H,6-7H2,1H3,(H,16,17). The number of nitro groups is 1. The maximum absolute atomic E-state index is 11.0. The van der Waals surface area contributed by atoms with Crippen LogP contribution in [0.1, 0.15) is 5.56 Å². The topological polar surface area (TPSA) is 77.3 Å². The molecule has 2 rings (SSSR count). The maximum Gasteiger partial charge on any atom is 0.311 e. The number of benzene rings is 1. The molecule has 0 radical (unpaired) electrons. The maximum atomic E-state index is 11.0. The lowest BCUT2D eigenvalue weighted by Crippen LogP contribution is -2.08. The summed E-state index contributed by atoms with van der Waals surface area (Å²) in [6, 6.07) is 7.72. The molecule has 0 saturated heterocycles. The third-order valence-corrected chi connectivity index (χ3v) is 3.55. The van der Waals surface area contributed by atoms with Crippen molar-refractivity contribution in [1.29, 1.82) is 0 Å². The predicted molar refractivity (Wildman–Crippen MR) is 83.8 cm³/mol. The minimum atomic E-state index is -0.451. The van der Waals surface area contributed by atoms with Gasteiger partial charge >= 0.3 is 5.69 Å². The summed E-state index contributed by atoms with van der Waals surface area (Å²) in [5.74, 6) is 0.805. The second-order valence-corrected chi connectivity index (χ2v) is 5.15. The van der Waals surface area contributed by atoms with Crippen molar-refractivity contribution in [3.05, 3.63) is 56.8 Å². The van der Waals surface area contributed by atoms with Crippen LogP contribution in [0.3, 0.4) is 0 Å². The quantitative estimate of drug-likeness (QED) is 0.637. The number of aromatic nitrogens is 1. The number of nitrogens with zero attached hydrogens (tertiary/aromatic N) is 2. The Kier molecular flexibility index (Phi) is 5.10. The van der Waals surface area contributed by atoms with Gasteiger partial charge in [-0.1, -0.05) is 12.1 Å². The van der Waals surface area contributed by atoms with E-state index in [0.29, 0.717) is 16.7 Å². The lowest BCUT2D eigenvalue weighted by atomic mass is 10.1. The highest BCUT2D eigenvalue weighted by Crippen LogP contribution is 2.30. The SMILES string of the molecule is COc1ccc(CCNc2c(Br)cncc2[N+](=O)[O-])cc1. The molecule has 7 heteroatoms. The van der Waals surface area contributed by atoms with Crippen LogP contribution in [-0.4, -0.2) is 23.6 Å². The number of methoxy groups -OCH3 is 1. The molecule has 1 N–H and O–H groups in total. The van der Waals surface area contributed by atoms with Crippen molar-refractivity contribution in [3.8, 4) is 5.75 Å². The molecule has 0 aliphatic carbocycles. The van der Waals surface area contributed by atoms with Crippen molar-refractivity contribution in [2.75, 3.05) is 19.0 Å². The Balaban J connectivity index is 2.01. The summed E-state index contributed by atoms with van der Waals surface area (Å²) in [5.41, 5.74) is 1.53. The number of rotatable bonds is 6. The number of pyridine rings is 1. The van der Waals surface area contributed by atoms with Crippen LogP contribution in [0.5, 0.6) is 5.75 Å². The summed E-state index contributed by atoms with van der Waals surface area (Å²) in [4.78, 5) is 14.3. The van der Waals surface area contributed by atoms with Crippen LogP contribution < -0.4 is 10.1 Å². The smallest absolute Gasteiger partial charge is 0.311 e. The summed E-state index contributed by atoms with van der Waals surface area (Å²) in [7, 11) is 1.62. The van der Waals surface area contributed by atoms with Gasteiger partial charge in [-0.2, -0.15) is 0 Å². The number of ether oxygens (including phenoxy) is 1. The second kappa shape index (κ2) is 7.03. The van der Waals surface area contributed by atoms with E-state index in [1.165, 1.54) is 12.4 Å². The average molecular weight is 352 g/mol. The Morgan fingerprint density at radius 3 is 2.67 bits per heavy atom. The zero-order valence-corrected chi connectivity index (χ0v) is 13.0. The molecule has 110 valence electrons. The van der Waals surface area contributed by atoms with E-state index in [2.05, 4.69) is 26.2 Å². The molecule has 21 heavy (non-hydrogen) atoms. The fraction of sp³-hybridized carbons (Fsp3) is 0.214. The van der Waals surface area contributed by atoms with E-state index in [9.17, 15) is 10.1 Å². The van der Waals surface area contributed by atoms with Gasteiger partial charge in [-0.15, -0.1) is 0 Å². The van der Waals surface area contributed by atoms with Crippen molar-refractivity contribution in [3.63, 3.8) is 0 Å². The third-order valence-electron chi connectivity index (χ3n) is 2.95. The molecule has 0 spiro atoms. The third kappa shape index (κ3) is 3.91. The highest BCUT2D eigenvalue weighted by Gasteiger charge is 2.16. The first kappa shape index (κ1) is 15.2. The Morgan fingerprint density at radius 1 is 1.33 bits per heavy atom. The normalized spacial score (nSPS) is 10.2. The van der Waals surface area contributed by atoms with Gasteiger partial charge in [0.25, 0.3) is 0 Å². The molecule has 0 aliphatic rings. The zero-order valence-electron chi connectivity index (χ0n) is 11.4. The van der Waals surface area contributed by atoms with Gasteiger partial charge in [0.15, 0.2) is 0 Å². The van der Waals surface area contributed by atoms with Gasteiger partial charge in [0.2, 0.25) is 0 Å². The molecule has 0 fully saturated rings. The fourth-order valence-corrected chi connectivity index (χ4v) is 2.32. The molecule has 1 heterocycles. The molecule has 0 unspecified atom stereocenters. The van der Waals surface area contributed by atoms with Crippen LogP contribution in [0.25, 0.3) is 0 Å². The van der Waals surface area contributed by atoms with Gasteiger partial charge in [0.1, 0.15) is 17.6 Å². The van der Waals surface area contributed by atoms with Crippen molar-refractivity contribution in [1.82, 2.24) is 4.98 Å². The molecule has 0 amide bonds. The minimum absolute atomic E-state index is 0.0425. The molecule has 0 aliphatic heterocycles. The van der Waals surface area contributed by atoms with Crippen LogP contribution in [0, 0.1) is 10.1 Å². The van der Waals surface area contributed by atoms with E-state index in [1.807, 2.05) is 24.3 Å². The van der Waals surface area contributed by atoms with Crippen molar-refractivity contribution in [2.24, 2.45) is 0 Å².